The largest absolute Gasteiger partial charge is 0.342 e. The van der Waals surface area contributed by atoms with Crippen LogP contribution >= 0.6 is 0 Å². The van der Waals surface area contributed by atoms with Crippen molar-refractivity contribution in [3.05, 3.63) is 0 Å². The van der Waals surface area contributed by atoms with Crippen molar-refractivity contribution >= 4 is 5.91 Å². The molecule has 1 heterocycles. The molecule has 1 aliphatic carbocycles. The smallest absolute Gasteiger partial charge is 0.226 e. The van der Waals surface area contributed by atoms with Crippen LogP contribution in [0.5, 0.6) is 0 Å². The van der Waals surface area contributed by atoms with Gasteiger partial charge in [-0.1, -0.05) is 13.3 Å². The maximum atomic E-state index is 12.1. The molecule has 86 valence electrons. The second-order valence-corrected chi connectivity index (χ2v) is 5.04. The minimum atomic E-state index is 0.0591. The summed E-state index contributed by atoms with van der Waals surface area (Å²) in [6.07, 6.45) is 4.90. The Bertz CT molecular complexity index is 226. The third-order valence-electron chi connectivity index (χ3n) is 4.16. The van der Waals surface area contributed by atoms with Gasteiger partial charge in [0.1, 0.15) is 0 Å². The Kier molecular flexibility index (Phi) is 3.29. The minimum absolute atomic E-state index is 0.0591. The Labute approximate surface area is 92.0 Å². The van der Waals surface area contributed by atoms with Gasteiger partial charge in [-0.15, -0.1) is 0 Å². The van der Waals surface area contributed by atoms with Crippen molar-refractivity contribution in [1.29, 1.82) is 0 Å². The Morgan fingerprint density at radius 1 is 1.40 bits per heavy atom. The summed E-state index contributed by atoms with van der Waals surface area (Å²) >= 11 is 0. The van der Waals surface area contributed by atoms with Gasteiger partial charge in [0, 0.05) is 19.6 Å². The number of likely N-dealkylation sites (tertiary alicyclic amines) is 1. The van der Waals surface area contributed by atoms with Gasteiger partial charge in [-0.25, -0.2) is 0 Å². The molecule has 2 aliphatic rings. The standard InChI is InChI=1S/C12H22N2O/c1-2-9(6-13)12(15)14-7-10-4-3-5-11(10)8-14/h9-11H,2-8,13H2,1H3. The highest BCUT2D eigenvalue weighted by Crippen LogP contribution is 2.38. The fourth-order valence-electron chi connectivity index (χ4n) is 3.12. The van der Waals surface area contributed by atoms with Crippen LogP contribution in [0.4, 0.5) is 0 Å². The molecule has 3 unspecified atom stereocenters. The van der Waals surface area contributed by atoms with Crippen LogP contribution in [0.3, 0.4) is 0 Å². The Hall–Kier alpha value is -0.570. The van der Waals surface area contributed by atoms with Crippen LogP contribution in [-0.2, 0) is 4.79 Å². The van der Waals surface area contributed by atoms with E-state index in [9.17, 15) is 4.79 Å². The summed E-state index contributed by atoms with van der Waals surface area (Å²) in [5.74, 6) is 1.95. The lowest BCUT2D eigenvalue weighted by molar-refractivity contribution is -0.134. The number of nitrogens with two attached hydrogens (primary N) is 1. The van der Waals surface area contributed by atoms with Crippen LogP contribution < -0.4 is 5.73 Å². The third-order valence-corrected chi connectivity index (χ3v) is 4.16. The molecule has 2 rings (SSSR count). The van der Waals surface area contributed by atoms with E-state index in [0.717, 1.165) is 31.3 Å². The first-order valence-electron chi connectivity index (χ1n) is 6.25. The summed E-state index contributed by atoms with van der Waals surface area (Å²) in [6.45, 7) is 4.55. The van der Waals surface area contributed by atoms with Crippen LogP contribution in [0.15, 0.2) is 0 Å². The van der Waals surface area contributed by atoms with Gasteiger partial charge in [0.25, 0.3) is 0 Å². The molecular formula is C12H22N2O. The van der Waals surface area contributed by atoms with Gasteiger partial charge in [-0.2, -0.15) is 0 Å². The highest BCUT2D eigenvalue weighted by molar-refractivity contribution is 5.79. The maximum absolute atomic E-state index is 12.1. The van der Waals surface area contributed by atoms with Gasteiger partial charge in [0.05, 0.1) is 5.92 Å². The zero-order valence-corrected chi connectivity index (χ0v) is 9.61. The number of hydrogen-bond donors (Lipinski definition) is 1. The van der Waals surface area contributed by atoms with Crippen molar-refractivity contribution in [1.82, 2.24) is 4.90 Å². The van der Waals surface area contributed by atoms with Crippen molar-refractivity contribution in [3.63, 3.8) is 0 Å². The van der Waals surface area contributed by atoms with Gasteiger partial charge in [-0.05, 0) is 31.1 Å². The number of amides is 1. The predicted molar refractivity (Wildman–Crippen MR) is 60.2 cm³/mol. The number of fused-ring (bicyclic) bond motifs is 1. The Balaban J connectivity index is 1.92. The van der Waals surface area contributed by atoms with E-state index in [1.807, 2.05) is 6.92 Å². The van der Waals surface area contributed by atoms with E-state index in [2.05, 4.69) is 4.90 Å². The highest BCUT2D eigenvalue weighted by Gasteiger charge is 2.38. The summed E-state index contributed by atoms with van der Waals surface area (Å²) in [5.41, 5.74) is 5.62. The van der Waals surface area contributed by atoms with Crippen LogP contribution in [0.25, 0.3) is 0 Å². The second kappa shape index (κ2) is 4.52. The number of nitrogens with zero attached hydrogens (tertiary/aromatic N) is 1. The van der Waals surface area contributed by atoms with Gasteiger partial charge in [-0.3, -0.25) is 4.79 Å². The molecular weight excluding hydrogens is 188 g/mol. The average molecular weight is 210 g/mol. The minimum Gasteiger partial charge on any atom is -0.342 e. The number of carbonyl (C=O) groups excluding carboxylic acids is 1. The van der Waals surface area contributed by atoms with Gasteiger partial charge >= 0.3 is 0 Å². The third kappa shape index (κ3) is 2.03. The molecule has 3 atom stereocenters. The molecule has 0 spiro atoms. The lowest BCUT2D eigenvalue weighted by atomic mass is 10.0. The molecule has 0 bridgehead atoms. The number of rotatable bonds is 3. The average Bonchev–Trinajstić information content (AvgIpc) is 2.78. The normalized spacial score (nSPS) is 31.7. The number of carbonyl (C=O) groups is 1. The first kappa shape index (κ1) is 10.9. The highest BCUT2D eigenvalue weighted by atomic mass is 16.2. The molecule has 0 aromatic rings. The molecule has 0 radical (unpaired) electrons. The molecule has 1 saturated carbocycles. The summed E-state index contributed by atoms with van der Waals surface area (Å²) < 4.78 is 0. The van der Waals surface area contributed by atoms with Crippen molar-refractivity contribution in [2.75, 3.05) is 19.6 Å². The van der Waals surface area contributed by atoms with E-state index >= 15 is 0 Å². The maximum Gasteiger partial charge on any atom is 0.226 e. The van der Waals surface area contributed by atoms with E-state index in [4.69, 9.17) is 5.73 Å². The molecule has 2 N–H and O–H groups in total. The van der Waals surface area contributed by atoms with E-state index < -0.39 is 0 Å². The van der Waals surface area contributed by atoms with Crippen LogP contribution in [0.1, 0.15) is 32.6 Å². The first-order chi connectivity index (χ1) is 7.26. The van der Waals surface area contributed by atoms with Crippen LogP contribution in [-0.4, -0.2) is 30.4 Å². The van der Waals surface area contributed by atoms with Crippen molar-refractivity contribution in [2.45, 2.75) is 32.6 Å². The van der Waals surface area contributed by atoms with E-state index in [-0.39, 0.29) is 5.92 Å². The summed E-state index contributed by atoms with van der Waals surface area (Å²) in [6, 6.07) is 0. The zero-order chi connectivity index (χ0) is 10.8. The molecule has 2 fully saturated rings. The van der Waals surface area contributed by atoms with Gasteiger partial charge in [0.2, 0.25) is 5.91 Å². The van der Waals surface area contributed by atoms with Crippen molar-refractivity contribution in [3.8, 4) is 0 Å². The van der Waals surface area contributed by atoms with Gasteiger partial charge < -0.3 is 10.6 Å². The lowest BCUT2D eigenvalue weighted by Crippen LogP contribution is -2.38. The van der Waals surface area contributed by atoms with E-state index in [1.165, 1.54) is 19.3 Å². The molecule has 0 aromatic carbocycles. The summed E-state index contributed by atoms with van der Waals surface area (Å²) in [5, 5.41) is 0. The first-order valence-corrected chi connectivity index (χ1v) is 6.25. The van der Waals surface area contributed by atoms with Crippen LogP contribution in [0, 0.1) is 17.8 Å². The van der Waals surface area contributed by atoms with Crippen molar-refractivity contribution in [2.24, 2.45) is 23.5 Å². The topological polar surface area (TPSA) is 46.3 Å². The molecule has 1 saturated heterocycles. The second-order valence-electron chi connectivity index (χ2n) is 5.04. The SMILES string of the molecule is CCC(CN)C(=O)N1CC2CCCC2C1. The quantitative estimate of drug-likeness (QED) is 0.761. The predicted octanol–water partition coefficient (Wildman–Crippen LogP) is 1.23. The molecule has 3 heteroatoms. The molecule has 1 aliphatic heterocycles. The van der Waals surface area contributed by atoms with E-state index in [0.29, 0.717) is 12.5 Å². The van der Waals surface area contributed by atoms with E-state index in [1.54, 1.807) is 0 Å². The Morgan fingerprint density at radius 2 is 2.00 bits per heavy atom. The number of hydrogen-bond acceptors (Lipinski definition) is 2. The monoisotopic (exact) mass is 210 g/mol. The molecule has 3 nitrogen and oxygen atoms in total. The Morgan fingerprint density at radius 3 is 2.47 bits per heavy atom. The van der Waals surface area contributed by atoms with Gasteiger partial charge in [0.15, 0.2) is 0 Å². The lowest BCUT2D eigenvalue weighted by Gasteiger charge is -2.22. The fraction of sp³-hybridized carbons (Fsp3) is 0.917. The molecule has 15 heavy (non-hydrogen) atoms. The zero-order valence-electron chi connectivity index (χ0n) is 9.61. The summed E-state index contributed by atoms with van der Waals surface area (Å²) in [4.78, 5) is 14.1. The molecule has 0 aromatic heterocycles. The van der Waals surface area contributed by atoms with Crippen LogP contribution in [0.2, 0.25) is 0 Å². The summed E-state index contributed by atoms with van der Waals surface area (Å²) in [7, 11) is 0. The van der Waals surface area contributed by atoms with Crippen molar-refractivity contribution < 1.29 is 4.79 Å². The molecule has 1 amide bonds. The fourth-order valence-corrected chi connectivity index (χ4v) is 3.12.